The first-order valence-electron chi connectivity index (χ1n) is 6.00. The van der Waals surface area contributed by atoms with Gasteiger partial charge in [-0.25, -0.2) is 0 Å². The Balaban J connectivity index is 2.15. The summed E-state index contributed by atoms with van der Waals surface area (Å²) >= 11 is 5.94. The first-order valence-corrected chi connectivity index (χ1v) is 6.37. The molecular weight excluding hydrogens is 262 g/mol. The van der Waals surface area contributed by atoms with Gasteiger partial charge in [-0.15, -0.1) is 0 Å². The largest absolute Gasteiger partial charge is 0.497 e. The highest BCUT2D eigenvalue weighted by Gasteiger charge is 2.10. The van der Waals surface area contributed by atoms with Gasteiger partial charge >= 0.3 is 0 Å². The second-order valence-corrected chi connectivity index (χ2v) is 4.60. The van der Waals surface area contributed by atoms with Gasteiger partial charge in [0.1, 0.15) is 5.75 Å². The molecule has 2 rings (SSSR count). The van der Waals surface area contributed by atoms with Crippen LogP contribution in [-0.4, -0.2) is 18.8 Å². The Kier molecular flexibility index (Phi) is 4.66. The van der Waals surface area contributed by atoms with E-state index in [1.165, 1.54) is 0 Å². The van der Waals surface area contributed by atoms with Gasteiger partial charge in [0.25, 0.3) is 0 Å². The van der Waals surface area contributed by atoms with Crippen molar-refractivity contribution < 1.29 is 9.84 Å². The summed E-state index contributed by atoms with van der Waals surface area (Å²) in [6.07, 6.45) is 0. The summed E-state index contributed by atoms with van der Waals surface area (Å²) in [6, 6.07) is 14.8. The second kappa shape index (κ2) is 6.45. The molecule has 1 atom stereocenters. The summed E-state index contributed by atoms with van der Waals surface area (Å²) in [5.74, 6) is 0.795. The van der Waals surface area contributed by atoms with Crippen molar-refractivity contribution in [3.8, 4) is 5.75 Å². The van der Waals surface area contributed by atoms with E-state index < -0.39 is 0 Å². The molecular formula is C15H16ClNO2. The summed E-state index contributed by atoms with van der Waals surface area (Å²) in [7, 11) is 1.63. The summed E-state index contributed by atoms with van der Waals surface area (Å²) < 4.78 is 5.12. The number of halogens is 1. The predicted molar refractivity (Wildman–Crippen MR) is 77.9 cm³/mol. The van der Waals surface area contributed by atoms with E-state index in [4.69, 9.17) is 16.3 Å². The molecule has 0 saturated carbocycles. The fourth-order valence-corrected chi connectivity index (χ4v) is 2.04. The Labute approximate surface area is 117 Å². The molecule has 0 spiro atoms. The molecule has 3 nitrogen and oxygen atoms in total. The highest BCUT2D eigenvalue weighted by Crippen LogP contribution is 2.23. The maximum atomic E-state index is 9.51. The highest BCUT2D eigenvalue weighted by molar-refractivity contribution is 6.30. The number of ether oxygens (including phenoxy) is 1. The van der Waals surface area contributed by atoms with Crippen molar-refractivity contribution in [2.24, 2.45) is 0 Å². The lowest BCUT2D eigenvalue weighted by Gasteiger charge is -2.18. The number of aliphatic hydroxyl groups is 1. The maximum absolute atomic E-state index is 9.51. The van der Waals surface area contributed by atoms with E-state index in [2.05, 4.69) is 5.32 Å². The quantitative estimate of drug-likeness (QED) is 0.879. The first-order chi connectivity index (χ1) is 9.22. The zero-order valence-electron chi connectivity index (χ0n) is 10.6. The van der Waals surface area contributed by atoms with E-state index in [9.17, 15) is 5.11 Å². The normalized spacial score (nSPS) is 11.9. The lowest BCUT2D eigenvalue weighted by atomic mass is 10.1. The van der Waals surface area contributed by atoms with Crippen molar-refractivity contribution >= 4 is 17.3 Å². The Morgan fingerprint density at radius 3 is 2.53 bits per heavy atom. The van der Waals surface area contributed by atoms with Crippen LogP contribution in [-0.2, 0) is 0 Å². The molecule has 0 aliphatic heterocycles. The number of hydrogen-bond acceptors (Lipinski definition) is 3. The van der Waals surface area contributed by atoms with Gasteiger partial charge in [0.15, 0.2) is 0 Å². The minimum Gasteiger partial charge on any atom is -0.497 e. The van der Waals surface area contributed by atoms with Gasteiger partial charge in [-0.05, 0) is 35.9 Å². The van der Waals surface area contributed by atoms with Gasteiger partial charge in [0.2, 0.25) is 0 Å². The first kappa shape index (κ1) is 13.7. The fourth-order valence-electron chi connectivity index (χ4n) is 1.85. The van der Waals surface area contributed by atoms with Crippen LogP contribution in [0.1, 0.15) is 11.6 Å². The molecule has 2 aromatic rings. The number of anilines is 1. The third kappa shape index (κ3) is 3.63. The topological polar surface area (TPSA) is 41.5 Å². The Morgan fingerprint density at radius 2 is 1.95 bits per heavy atom. The lowest BCUT2D eigenvalue weighted by Crippen LogP contribution is -2.14. The van der Waals surface area contributed by atoms with Crippen molar-refractivity contribution in [3.05, 3.63) is 59.1 Å². The van der Waals surface area contributed by atoms with E-state index in [0.29, 0.717) is 5.02 Å². The third-order valence-corrected chi connectivity index (χ3v) is 3.10. The lowest BCUT2D eigenvalue weighted by molar-refractivity contribution is 0.276. The molecule has 0 radical (unpaired) electrons. The van der Waals surface area contributed by atoms with E-state index in [-0.39, 0.29) is 12.6 Å². The van der Waals surface area contributed by atoms with Crippen LogP contribution in [0.25, 0.3) is 0 Å². The molecule has 100 valence electrons. The molecule has 0 aliphatic carbocycles. The van der Waals surface area contributed by atoms with Gasteiger partial charge in [-0.2, -0.15) is 0 Å². The van der Waals surface area contributed by atoms with E-state index >= 15 is 0 Å². The van der Waals surface area contributed by atoms with Crippen molar-refractivity contribution in [2.45, 2.75) is 6.04 Å². The van der Waals surface area contributed by atoms with Crippen LogP contribution >= 0.6 is 11.6 Å². The molecule has 2 N–H and O–H groups in total. The smallest absolute Gasteiger partial charge is 0.118 e. The molecule has 0 bridgehead atoms. The summed E-state index contributed by atoms with van der Waals surface area (Å²) in [5, 5.41) is 13.4. The molecule has 0 aromatic heterocycles. The van der Waals surface area contributed by atoms with Gasteiger partial charge < -0.3 is 15.2 Å². The van der Waals surface area contributed by atoms with E-state index in [0.717, 1.165) is 17.0 Å². The van der Waals surface area contributed by atoms with Crippen LogP contribution < -0.4 is 10.1 Å². The predicted octanol–water partition coefficient (Wildman–Crippen LogP) is 3.49. The average Bonchev–Trinajstić information content (AvgIpc) is 2.45. The molecule has 1 unspecified atom stereocenters. The minimum atomic E-state index is -0.177. The number of rotatable bonds is 5. The molecule has 0 amide bonds. The van der Waals surface area contributed by atoms with Crippen molar-refractivity contribution in [1.82, 2.24) is 0 Å². The molecule has 0 saturated heterocycles. The minimum absolute atomic E-state index is 0.00115. The van der Waals surface area contributed by atoms with Crippen molar-refractivity contribution in [3.63, 3.8) is 0 Å². The maximum Gasteiger partial charge on any atom is 0.118 e. The summed E-state index contributed by atoms with van der Waals surface area (Å²) in [6.45, 7) is -0.00115. The number of hydrogen-bond donors (Lipinski definition) is 2. The molecule has 19 heavy (non-hydrogen) atoms. The average molecular weight is 278 g/mol. The van der Waals surface area contributed by atoms with Crippen LogP contribution in [0.2, 0.25) is 5.02 Å². The fraction of sp³-hybridized carbons (Fsp3) is 0.200. The number of aliphatic hydroxyl groups excluding tert-OH is 1. The second-order valence-electron chi connectivity index (χ2n) is 4.16. The molecule has 0 fully saturated rings. The summed E-state index contributed by atoms with van der Waals surface area (Å²) in [5.41, 5.74) is 1.87. The zero-order chi connectivity index (χ0) is 13.7. The van der Waals surface area contributed by atoms with Crippen LogP contribution in [0.5, 0.6) is 5.75 Å². The van der Waals surface area contributed by atoms with Gasteiger partial charge in [0.05, 0.1) is 19.8 Å². The van der Waals surface area contributed by atoms with Crippen molar-refractivity contribution in [2.75, 3.05) is 19.0 Å². The zero-order valence-corrected chi connectivity index (χ0v) is 11.4. The Bertz CT molecular complexity index is 528. The van der Waals surface area contributed by atoms with Crippen LogP contribution in [0, 0.1) is 0 Å². The molecule has 0 aliphatic rings. The van der Waals surface area contributed by atoms with Crippen LogP contribution in [0.4, 0.5) is 5.69 Å². The standard InChI is InChI=1S/C15H16ClNO2/c1-19-14-7-5-11(6-8-14)15(10-18)17-13-4-2-3-12(16)9-13/h2-9,15,17-18H,10H2,1H3. The van der Waals surface area contributed by atoms with Gasteiger partial charge in [-0.3, -0.25) is 0 Å². The van der Waals surface area contributed by atoms with Crippen LogP contribution in [0.3, 0.4) is 0 Å². The number of benzene rings is 2. The van der Waals surface area contributed by atoms with E-state index in [1.54, 1.807) is 7.11 Å². The highest BCUT2D eigenvalue weighted by atomic mass is 35.5. The van der Waals surface area contributed by atoms with Crippen molar-refractivity contribution in [1.29, 1.82) is 0 Å². The third-order valence-electron chi connectivity index (χ3n) is 2.87. The monoisotopic (exact) mass is 277 g/mol. The molecule has 4 heteroatoms. The van der Waals surface area contributed by atoms with Gasteiger partial charge in [0, 0.05) is 10.7 Å². The SMILES string of the molecule is COc1ccc(C(CO)Nc2cccc(Cl)c2)cc1. The summed E-state index contributed by atoms with van der Waals surface area (Å²) in [4.78, 5) is 0. The Hall–Kier alpha value is -1.71. The van der Waals surface area contributed by atoms with Gasteiger partial charge in [-0.1, -0.05) is 29.8 Å². The number of methoxy groups -OCH3 is 1. The Morgan fingerprint density at radius 1 is 1.21 bits per heavy atom. The van der Waals surface area contributed by atoms with E-state index in [1.807, 2.05) is 48.5 Å². The number of nitrogens with one attached hydrogen (secondary N) is 1. The molecule has 2 aromatic carbocycles. The molecule has 0 heterocycles. The van der Waals surface area contributed by atoms with Crippen LogP contribution in [0.15, 0.2) is 48.5 Å².